The van der Waals surface area contributed by atoms with Crippen LogP contribution in [0, 0.1) is 5.95 Å². The van der Waals surface area contributed by atoms with Gasteiger partial charge in [0.2, 0.25) is 5.95 Å². The number of anilines is 1. The Morgan fingerprint density at radius 2 is 1.71 bits per heavy atom. The third kappa shape index (κ3) is 5.43. The van der Waals surface area contributed by atoms with Gasteiger partial charge in [0, 0.05) is 29.7 Å². The van der Waals surface area contributed by atoms with E-state index in [0.717, 1.165) is 47.3 Å². The monoisotopic (exact) mass is 409 g/mol. The fraction of sp³-hybridized carbons (Fsp3) is 0.111. The molecule has 1 N–H and O–H groups in total. The van der Waals surface area contributed by atoms with Gasteiger partial charge in [-0.1, -0.05) is 49.0 Å². The summed E-state index contributed by atoms with van der Waals surface area (Å²) in [6.07, 6.45) is 7.95. The fourth-order valence-corrected chi connectivity index (χ4v) is 3.64. The van der Waals surface area contributed by atoms with Crippen LogP contribution in [0.4, 0.5) is 10.1 Å². The summed E-state index contributed by atoms with van der Waals surface area (Å²) in [5, 5.41) is 3.35. The minimum absolute atomic E-state index is 0.488. The maximum absolute atomic E-state index is 13.7. The summed E-state index contributed by atoms with van der Waals surface area (Å²) < 4.78 is 13.7. The molecule has 0 radical (unpaired) electrons. The van der Waals surface area contributed by atoms with Crippen molar-refractivity contribution in [2.45, 2.75) is 19.3 Å². The first-order valence-electron chi connectivity index (χ1n) is 10.3. The Bertz CT molecular complexity index is 1160. The molecule has 4 heteroatoms. The van der Waals surface area contributed by atoms with Crippen molar-refractivity contribution in [1.82, 2.24) is 9.97 Å². The van der Waals surface area contributed by atoms with E-state index in [1.165, 1.54) is 23.4 Å². The first-order chi connectivity index (χ1) is 15.2. The molecule has 0 saturated heterocycles. The van der Waals surface area contributed by atoms with Gasteiger partial charge in [-0.15, -0.1) is 0 Å². The lowest BCUT2D eigenvalue weighted by atomic mass is 9.94. The van der Waals surface area contributed by atoms with Gasteiger partial charge >= 0.3 is 0 Å². The van der Waals surface area contributed by atoms with E-state index in [1.54, 1.807) is 12.4 Å². The fourth-order valence-electron chi connectivity index (χ4n) is 3.64. The van der Waals surface area contributed by atoms with E-state index in [9.17, 15) is 4.39 Å². The van der Waals surface area contributed by atoms with E-state index in [2.05, 4.69) is 58.3 Å². The zero-order chi connectivity index (χ0) is 21.5. The second-order valence-electron chi connectivity index (χ2n) is 7.42. The van der Waals surface area contributed by atoms with Gasteiger partial charge in [0.15, 0.2) is 0 Å². The Labute approximate surface area is 182 Å². The minimum atomic E-state index is -0.488. The van der Waals surface area contributed by atoms with Crippen LogP contribution in [0.3, 0.4) is 0 Å². The zero-order valence-corrected chi connectivity index (χ0v) is 17.3. The summed E-state index contributed by atoms with van der Waals surface area (Å²) in [7, 11) is 0. The Balaban J connectivity index is 1.60. The van der Waals surface area contributed by atoms with E-state index >= 15 is 0 Å². The SMILES string of the molecule is C=C(Nc1cccnc1)c1cc(-c2ccnc(F)c2)ccc1CCCc1ccccc1. The van der Waals surface area contributed by atoms with E-state index in [-0.39, 0.29) is 0 Å². The number of nitrogens with one attached hydrogen (secondary N) is 1. The van der Waals surface area contributed by atoms with Crippen LogP contribution in [0.25, 0.3) is 16.8 Å². The normalized spacial score (nSPS) is 10.6. The summed E-state index contributed by atoms with van der Waals surface area (Å²) in [5.41, 5.74) is 6.95. The van der Waals surface area contributed by atoms with E-state index in [0.29, 0.717) is 0 Å². The Hall–Kier alpha value is -3.79. The van der Waals surface area contributed by atoms with Gasteiger partial charge in [-0.05, 0) is 65.8 Å². The molecule has 0 atom stereocenters. The van der Waals surface area contributed by atoms with Crippen molar-refractivity contribution in [3.05, 3.63) is 121 Å². The van der Waals surface area contributed by atoms with Gasteiger partial charge in [-0.2, -0.15) is 4.39 Å². The Morgan fingerprint density at radius 3 is 2.48 bits per heavy atom. The first kappa shape index (κ1) is 20.5. The molecule has 2 aromatic carbocycles. The van der Waals surface area contributed by atoms with Crippen LogP contribution in [0.15, 0.2) is 98.0 Å². The topological polar surface area (TPSA) is 37.8 Å². The highest BCUT2D eigenvalue weighted by Crippen LogP contribution is 2.28. The molecule has 4 rings (SSSR count). The molecular weight excluding hydrogens is 385 g/mol. The number of hydrogen-bond donors (Lipinski definition) is 1. The quantitative estimate of drug-likeness (QED) is 0.336. The van der Waals surface area contributed by atoms with Crippen LogP contribution in [0.1, 0.15) is 23.1 Å². The molecule has 154 valence electrons. The van der Waals surface area contributed by atoms with Gasteiger partial charge < -0.3 is 5.32 Å². The molecule has 0 aliphatic rings. The predicted molar refractivity (Wildman–Crippen MR) is 125 cm³/mol. The molecule has 0 fully saturated rings. The standard InChI is InChI=1S/C27H24FN3/c1-20(31-25-11-6-15-29-19-25)26-17-23(24-14-16-30-27(28)18-24)13-12-22(26)10-5-9-21-7-3-2-4-8-21/h2-4,6-8,11-19,31H,1,5,9-10H2. The van der Waals surface area contributed by atoms with Crippen molar-refractivity contribution < 1.29 is 4.39 Å². The van der Waals surface area contributed by atoms with Crippen LogP contribution in [0.2, 0.25) is 0 Å². The lowest BCUT2D eigenvalue weighted by Gasteiger charge is -2.16. The molecule has 0 unspecified atom stereocenters. The van der Waals surface area contributed by atoms with Crippen molar-refractivity contribution in [1.29, 1.82) is 0 Å². The molecule has 0 amide bonds. The second-order valence-corrected chi connectivity index (χ2v) is 7.42. The van der Waals surface area contributed by atoms with Crippen molar-refractivity contribution >= 4 is 11.4 Å². The molecule has 0 bridgehead atoms. The number of rotatable bonds is 8. The maximum Gasteiger partial charge on any atom is 0.213 e. The number of benzene rings is 2. The van der Waals surface area contributed by atoms with E-state index in [4.69, 9.17) is 0 Å². The number of halogens is 1. The maximum atomic E-state index is 13.7. The molecule has 0 aliphatic heterocycles. The Kier molecular flexibility index (Phi) is 6.48. The van der Waals surface area contributed by atoms with Gasteiger partial charge in [0.25, 0.3) is 0 Å². The smallest absolute Gasteiger partial charge is 0.213 e. The number of nitrogens with zero attached hydrogens (tertiary/aromatic N) is 2. The molecule has 2 heterocycles. The summed E-state index contributed by atoms with van der Waals surface area (Å²) in [6.45, 7) is 4.27. The predicted octanol–water partition coefficient (Wildman–Crippen LogP) is 6.54. The highest BCUT2D eigenvalue weighted by molar-refractivity contribution is 5.80. The van der Waals surface area contributed by atoms with E-state index in [1.807, 2.05) is 30.3 Å². The largest absolute Gasteiger partial charge is 0.354 e. The van der Waals surface area contributed by atoms with Gasteiger partial charge in [-0.3, -0.25) is 4.98 Å². The molecule has 3 nitrogen and oxygen atoms in total. The highest BCUT2D eigenvalue weighted by atomic mass is 19.1. The molecule has 0 saturated carbocycles. The molecule has 4 aromatic rings. The molecule has 0 aliphatic carbocycles. The van der Waals surface area contributed by atoms with Crippen molar-refractivity contribution in [3.63, 3.8) is 0 Å². The number of pyridine rings is 2. The lowest BCUT2D eigenvalue weighted by Crippen LogP contribution is -2.03. The third-order valence-corrected chi connectivity index (χ3v) is 5.21. The summed E-state index contributed by atoms with van der Waals surface area (Å²) in [4.78, 5) is 7.82. The average molecular weight is 410 g/mol. The zero-order valence-electron chi connectivity index (χ0n) is 17.3. The van der Waals surface area contributed by atoms with Crippen LogP contribution in [-0.4, -0.2) is 9.97 Å². The number of hydrogen-bond acceptors (Lipinski definition) is 3. The molecule has 0 spiro atoms. The summed E-state index contributed by atoms with van der Waals surface area (Å²) >= 11 is 0. The third-order valence-electron chi connectivity index (χ3n) is 5.21. The molecule has 2 aromatic heterocycles. The summed E-state index contributed by atoms with van der Waals surface area (Å²) in [5.74, 6) is -0.488. The number of aryl methyl sites for hydroxylation is 2. The number of aromatic nitrogens is 2. The van der Waals surface area contributed by atoms with Crippen molar-refractivity contribution in [3.8, 4) is 11.1 Å². The second kappa shape index (κ2) is 9.81. The molecular formula is C27H24FN3. The summed E-state index contributed by atoms with van der Waals surface area (Å²) in [6, 6.07) is 23.8. The van der Waals surface area contributed by atoms with Gasteiger partial charge in [0.05, 0.1) is 11.9 Å². The van der Waals surface area contributed by atoms with Crippen LogP contribution in [-0.2, 0) is 12.8 Å². The van der Waals surface area contributed by atoms with Crippen LogP contribution in [0.5, 0.6) is 0 Å². The van der Waals surface area contributed by atoms with Gasteiger partial charge in [0.1, 0.15) is 0 Å². The van der Waals surface area contributed by atoms with Crippen LogP contribution < -0.4 is 5.32 Å². The lowest BCUT2D eigenvalue weighted by molar-refractivity contribution is 0.584. The minimum Gasteiger partial charge on any atom is -0.354 e. The van der Waals surface area contributed by atoms with Crippen molar-refractivity contribution in [2.24, 2.45) is 0 Å². The first-order valence-corrected chi connectivity index (χ1v) is 10.3. The Morgan fingerprint density at radius 1 is 0.871 bits per heavy atom. The van der Waals surface area contributed by atoms with Crippen LogP contribution >= 0.6 is 0 Å². The highest BCUT2D eigenvalue weighted by Gasteiger charge is 2.10. The van der Waals surface area contributed by atoms with E-state index < -0.39 is 5.95 Å². The molecule has 31 heavy (non-hydrogen) atoms. The average Bonchev–Trinajstić information content (AvgIpc) is 2.80. The van der Waals surface area contributed by atoms with Gasteiger partial charge in [-0.25, -0.2) is 4.98 Å². The van der Waals surface area contributed by atoms with Crippen molar-refractivity contribution in [2.75, 3.05) is 5.32 Å².